The summed E-state index contributed by atoms with van der Waals surface area (Å²) in [6, 6.07) is 3.05. The Morgan fingerprint density at radius 2 is 2.19 bits per heavy atom. The van der Waals surface area contributed by atoms with E-state index in [0.29, 0.717) is 23.7 Å². The summed E-state index contributed by atoms with van der Waals surface area (Å²) in [6.07, 6.45) is 3.28. The molecule has 1 amide bonds. The monoisotopic (exact) mass is 310 g/mol. The molecule has 5 nitrogen and oxygen atoms in total. The number of aryl methyl sites for hydroxylation is 1. The van der Waals surface area contributed by atoms with Gasteiger partial charge in [0.15, 0.2) is 0 Å². The second-order valence-corrected chi connectivity index (χ2v) is 5.66. The highest BCUT2D eigenvalue weighted by Crippen LogP contribution is 2.23. The molecule has 1 N–H and O–H groups in total. The third-order valence-corrected chi connectivity index (χ3v) is 3.95. The molecule has 1 aromatic heterocycles. The maximum Gasteiger partial charge on any atom is 0.305 e. The van der Waals surface area contributed by atoms with E-state index in [1.54, 1.807) is 17.0 Å². The van der Waals surface area contributed by atoms with Gasteiger partial charge in [0.1, 0.15) is 5.15 Å². The molecule has 2 rings (SSSR count). The summed E-state index contributed by atoms with van der Waals surface area (Å²) in [5.74, 6) is -1.03. The van der Waals surface area contributed by atoms with Gasteiger partial charge in [-0.05, 0) is 37.8 Å². The van der Waals surface area contributed by atoms with Gasteiger partial charge in [-0.2, -0.15) is 0 Å². The standard InChI is InChI=1S/C15H19ClN2O3/c1-2-11-7-10(8-13(16)17-11)15(21)18-6-4-3-5-12(18)9-14(19)20/h7-8,12H,2-6,9H2,1H3,(H,19,20). The average molecular weight is 311 g/mol. The fourth-order valence-corrected chi connectivity index (χ4v) is 2.93. The molecule has 0 aliphatic carbocycles. The number of carbonyl (C=O) groups is 2. The number of aromatic nitrogens is 1. The van der Waals surface area contributed by atoms with E-state index in [4.69, 9.17) is 16.7 Å². The Hall–Kier alpha value is -1.62. The van der Waals surface area contributed by atoms with Gasteiger partial charge in [-0.3, -0.25) is 9.59 Å². The number of aliphatic carboxylic acids is 1. The number of likely N-dealkylation sites (tertiary alicyclic amines) is 1. The lowest BCUT2D eigenvalue weighted by atomic mass is 9.98. The van der Waals surface area contributed by atoms with Crippen molar-refractivity contribution in [2.75, 3.05) is 6.54 Å². The third-order valence-electron chi connectivity index (χ3n) is 3.75. The second kappa shape index (κ2) is 6.89. The summed E-state index contributed by atoms with van der Waals surface area (Å²) in [7, 11) is 0. The van der Waals surface area contributed by atoms with Crippen LogP contribution in [0.3, 0.4) is 0 Å². The van der Waals surface area contributed by atoms with Crippen LogP contribution in [0.15, 0.2) is 12.1 Å². The van der Waals surface area contributed by atoms with Crippen LogP contribution in [0.1, 0.15) is 48.7 Å². The van der Waals surface area contributed by atoms with Crippen molar-refractivity contribution in [3.05, 3.63) is 28.5 Å². The number of nitrogens with zero attached hydrogens (tertiary/aromatic N) is 2. The van der Waals surface area contributed by atoms with Gasteiger partial charge in [-0.25, -0.2) is 4.98 Å². The molecule has 0 spiro atoms. The first kappa shape index (κ1) is 15.8. The zero-order valence-corrected chi connectivity index (χ0v) is 12.8. The molecule has 0 bridgehead atoms. The Bertz CT molecular complexity index is 548. The number of hydrogen-bond donors (Lipinski definition) is 1. The summed E-state index contributed by atoms with van der Waals surface area (Å²) in [6.45, 7) is 2.54. The summed E-state index contributed by atoms with van der Waals surface area (Å²) in [5.41, 5.74) is 1.25. The number of carboxylic acid groups (broad SMARTS) is 1. The van der Waals surface area contributed by atoms with Crippen molar-refractivity contribution in [2.45, 2.75) is 45.1 Å². The number of piperidine rings is 1. The second-order valence-electron chi connectivity index (χ2n) is 5.27. The van der Waals surface area contributed by atoms with Gasteiger partial charge in [-0.1, -0.05) is 18.5 Å². The average Bonchev–Trinajstić information content (AvgIpc) is 2.45. The van der Waals surface area contributed by atoms with Gasteiger partial charge < -0.3 is 10.0 Å². The molecule has 1 aliphatic heterocycles. The first-order valence-electron chi connectivity index (χ1n) is 7.20. The fraction of sp³-hybridized carbons (Fsp3) is 0.533. The zero-order valence-electron chi connectivity index (χ0n) is 12.0. The predicted octanol–water partition coefficient (Wildman–Crippen LogP) is 2.77. The summed E-state index contributed by atoms with van der Waals surface area (Å²) in [5, 5.41) is 9.29. The molecule has 1 aromatic rings. The van der Waals surface area contributed by atoms with Crippen molar-refractivity contribution >= 4 is 23.5 Å². The molecule has 0 saturated carbocycles. The minimum Gasteiger partial charge on any atom is -0.481 e. The predicted molar refractivity (Wildman–Crippen MR) is 79.6 cm³/mol. The van der Waals surface area contributed by atoms with Gasteiger partial charge in [0, 0.05) is 23.8 Å². The normalized spacial score (nSPS) is 18.6. The van der Waals surface area contributed by atoms with Crippen LogP contribution in [-0.4, -0.2) is 39.5 Å². The van der Waals surface area contributed by atoms with Crippen molar-refractivity contribution in [3.63, 3.8) is 0 Å². The molecule has 2 heterocycles. The molecule has 0 radical (unpaired) electrons. The highest BCUT2D eigenvalue weighted by Gasteiger charge is 2.29. The largest absolute Gasteiger partial charge is 0.481 e. The molecule has 1 atom stereocenters. The van der Waals surface area contributed by atoms with Gasteiger partial charge in [0.05, 0.1) is 6.42 Å². The molecule has 1 unspecified atom stereocenters. The van der Waals surface area contributed by atoms with E-state index in [1.807, 2.05) is 6.92 Å². The molecule has 0 aromatic carbocycles. The number of carbonyl (C=O) groups excluding carboxylic acids is 1. The molecule has 1 aliphatic rings. The molecule has 1 fully saturated rings. The minimum atomic E-state index is -0.873. The van der Waals surface area contributed by atoms with Crippen LogP contribution in [0, 0.1) is 0 Å². The molecule has 1 saturated heterocycles. The van der Waals surface area contributed by atoms with Gasteiger partial charge >= 0.3 is 5.97 Å². The summed E-state index contributed by atoms with van der Waals surface area (Å²) < 4.78 is 0. The molecular formula is C15H19ClN2O3. The van der Waals surface area contributed by atoms with Crippen molar-refractivity contribution in [1.29, 1.82) is 0 Å². The smallest absolute Gasteiger partial charge is 0.305 e. The number of rotatable bonds is 4. The van der Waals surface area contributed by atoms with E-state index < -0.39 is 5.97 Å². The van der Waals surface area contributed by atoms with Gasteiger partial charge in [0.2, 0.25) is 0 Å². The Kier molecular flexibility index (Phi) is 5.17. The van der Waals surface area contributed by atoms with E-state index in [9.17, 15) is 9.59 Å². The molecular weight excluding hydrogens is 292 g/mol. The summed E-state index contributed by atoms with van der Waals surface area (Å²) >= 11 is 5.96. The van der Waals surface area contributed by atoms with E-state index in [1.165, 1.54) is 0 Å². The van der Waals surface area contributed by atoms with Crippen LogP contribution in [-0.2, 0) is 11.2 Å². The molecule has 21 heavy (non-hydrogen) atoms. The molecule has 6 heteroatoms. The lowest BCUT2D eigenvalue weighted by Crippen LogP contribution is -2.44. The fourth-order valence-electron chi connectivity index (χ4n) is 2.70. The van der Waals surface area contributed by atoms with E-state index in [2.05, 4.69) is 4.98 Å². The lowest BCUT2D eigenvalue weighted by Gasteiger charge is -2.35. The topological polar surface area (TPSA) is 70.5 Å². The highest BCUT2D eigenvalue weighted by molar-refractivity contribution is 6.29. The van der Waals surface area contributed by atoms with Crippen LogP contribution in [0.2, 0.25) is 5.15 Å². The zero-order chi connectivity index (χ0) is 15.4. The number of amides is 1. The van der Waals surface area contributed by atoms with Crippen LogP contribution in [0.25, 0.3) is 0 Å². The maximum atomic E-state index is 12.7. The van der Waals surface area contributed by atoms with Gasteiger partial charge in [-0.15, -0.1) is 0 Å². The molecule has 114 valence electrons. The number of hydrogen-bond acceptors (Lipinski definition) is 3. The van der Waals surface area contributed by atoms with Crippen LogP contribution >= 0.6 is 11.6 Å². The van der Waals surface area contributed by atoms with E-state index in [0.717, 1.165) is 25.0 Å². The van der Waals surface area contributed by atoms with E-state index in [-0.39, 0.29) is 18.4 Å². The Labute approximate surface area is 128 Å². The Morgan fingerprint density at radius 1 is 1.43 bits per heavy atom. The lowest BCUT2D eigenvalue weighted by molar-refractivity contribution is -0.138. The van der Waals surface area contributed by atoms with Crippen molar-refractivity contribution in [3.8, 4) is 0 Å². The number of carboxylic acids is 1. The third kappa shape index (κ3) is 3.94. The summed E-state index contributed by atoms with van der Waals surface area (Å²) in [4.78, 5) is 29.4. The quantitative estimate of drug-likeness (QED) is 0.868. The van der Waals surface area contributed by atoms with Crippen molar-refractivity contribution < 1.29 is 14.7 Å². The van der Waals surface area contributed by atoms with Crippen LogP contribution < -0.4 is 0 Å². The SMILES string of the molecule is CCc1cc(C(=O)N2CCCCC2CC(=O)O)cc(Cl)n1. The maximum absolute atomic E-state index is 12.7. The van der Waals surface area contributed by atoms with Crippen molar-refractivity contribution in [2.24, 2.45) is 0 Å². The van der Waals surface area contributed by atoms with Crippen LogP contribution in [0.4, 0.5) is 0 Å². The Balaban J connectivity index is 2.24. The minimum absolute atomic E-state index is 0.00874. The highest BCUT2D eigenvalue weighted by atomic mass is 35.5. The van der Waals surface area contributed by atoms with Crippen molar-refractivity contribution in [1.82, 2.24) is 9.88 Å². The van der Waals surface area contributed by atoms with E-state index >= 15 is 0 Å². The van der Waals surface area contributed by atoms with Crippen LogP contribution in [0.5, 0.6) is 0 Å². The first-order chi connectivity index (χ1) is 10.0. The van der Waals surface area contributed by atoms with Gasteiger partial charge in [0.25, 0.3) is 5.91 Å². The number of halogens is 1. The first-order valence-corrected chi connectivity index (χ1v) is 7.58. The Morgan fingerprint density at radius 3 is 2.86 bits per heavy atom. The number of pyridine rings is 1.